The van der Waals surface area contributed by atoms with E-state index in [1.807, 2.05) is 64.1 Å². The molecule has 2 fully saturated rings. The molecule has 2 heterocycles. The smallest absolute Gasteiger partial charge is 0.410 e. The van der Waals surface area contributed by atoms with Crippen LogP contribution < -0.4 is 11.1 Å². The molecule has 2 aliphatic rings. The molecule has 2 amide bonds. The molecule has 0 spiro atoms. The second-order valence-electron chi connectivity index (χ2n) is 11.0. The molecule has 1 saturated heterocycles. The summed E-state index contributed by atoms with van der Waals surface area (Å²) in [5.41, 5.74) is 6.60. The molecule has 1 atom stereocenters. The minimum atomic E-state index is -0.658. The lowest BCUT2D eigenvalue weighted by Crippen LogP contribution is -2.53. The summed E-state index contributed by atoms with van der Waals surface area (Å²) in [5, 5.41) is 18.2. The molecule has 0 bridgehead atoms. The number of nitrogens with one attached hydrogen (secondary N) is 1. The first-order chi connectivity index (χ1) is 17.6. The van der Waals surface area contributed by atoms with Crippen LogP contribution in [-0.4, -0.2) is 45.4 Å². The zero-order chi connectivity index (χ0) is 26.8. The maximum Gasteiger partial charge on any atom is 0.410 e. The van der Waals surface area contributed by atoms with Gasteiger partial charge in [0.15, 0.2) is 5.82 Å². The molecular formula is C28H36N6O3. The number of nitrogens with zero attached hydrogens (tertiary/aromatic N) is 4. The average Bonchev–Trinajstić information content (AvgIpc) is 3.58. The molecule has 4 rings (SSSR count). The number of benzene rings is 1. The largest absolute Gasteiger partial charge is 0.444 e. The fourth-order valence-electron chi connectivity index (χ4n) is 5.06. The van der Waals surface area contributed by atoms with Crippen molar-refractivity contribution >= 4 is 29.6 Å². The summed E-state index contributed by atoms with van der Waals surface area (Å²) in [5.74, 6) is -0.259. The van der Waals surface area contributed by atoms with Crippen molar-refractivity contribution in [2.45, 2.75) is 64.5 Å². The van der Waals surface area contributed by atoms with Crippen molar-refractivity contribution in [3.8, 4) is 6.07 Å². The summed E-state index contributed by atoms with van der Waals surface area (Å²) in [6.07, 6.45) is 8.30. The van der Waals surface area contributed by atoms with Gasteiger partial charge in [0.25, 0.3) is 5.91 Å². The number of nitriles is 1. The van der Waals surface area contributed by atoms with Gasteiger partial charge in [0.05, 0.1) is 17.5 Å². The predicted molar refractivity (Wildman–Crippen MR) is 142 cm³/mol. The summed E-state index contributed by atoms with van der Waals surface area (Å²) < 4.78 is 7.33. The normalized spacial score (nSPS) is 18.3. The molecule has 3 N–H and O–H groups in total. The van der Waals surface area contributed by atoms with Crippen LogP contribution in [0.25, 0.3) is 6.08 Å². The number of piperidine rings is 1. The number of carbonyl (C=O) groups excluding carboxylic acids is 2. The molecule has 9 heteroatoms. The van der Waals surface area contributed by atoms with Gasteiger partial charge in [-0.3, -0.25) is 9.48 Å². The van der Waals surface area contributed by atoms with E-state index in [9.17, 15) is 14.9 Å². The Morgan fingerprint density at radius 3 is 2.41 bits per heavy atom. The molecule has 37 heavy (non-hydrogen) atoms. The van der Waals surface area contributed by atoms with Gasteiger partial charge < -0.3 is 20.7 Å². The number of ether oxygens (including phenoxy) is 1. The van der Waals surface area contributed by atoms with Crippen molar-refractivity contribution in [2.75, 3.05) is 18.4 Å². The van der Waals surface area contributed by atoms with Crippen LogP contribution >= 0.6 is 0 Å². The average molecular weight is 505 g/mol. The monoisotopic (exact) mass is 504 g/mol. The van der Waals surface area contributed by atoms with E-state index in [0.717, 1.165) is 24.1 Å². The van der Waals surface area contributed by atoms with Gasteiger partial charge in [-0.25, -0.2) is 4.79 Å². The van der Waals surface area contributed by atoms with Gasteiger partial charge in [0.2, 0.25) is 0 Å². The number of rotatable bonds is 7. The number of allylic oxidation sites excluding steroid dienone is 1. The van der Waals surface area contributed by atoms with E-state index < -0.39 is 17.0 Å². The van der Waals surface area contributed by atoms with E-state index >= 15 is 0 Å². The zero-order valence-corrected chi connectivity index (χ0v) is 22.0. The van der Waals surface area contributed by atoms with E-state index in [4.69, 9.17) is 15.6 Å². The zero-order valence-electron chi connectivity index (χ0n) is 22.0. The number of aromatic nitrogens is 2. The highest BCUT2D eigenvalue weighted by Crippen LogP contribution is 2.49. The lowest BCUT2D eigenvalue weighted by molar-refractivity contribution is 0.00280. The number of nitrogens with two attached hydrogens (primary N) is 1. The lowest BCUT2D eigenvalue weighted by Gasteiger charge is -2.44. The number of anilines is 2. The summed E-state index contributed by atoms with van der Waals surface area (Å²) in [4.78, 5) is 26.8. The third kappa shape index (κ3) is 5.79. The molecule has 0 radical (unpaired) electrons. The number of carbonyl (C=O) groups is 2. The minimum Gasteiger partial charge on any atom is -0.444 e. The van der Waals surface area contributed by atoms with Crippen LogP contribution in [0.15, 0.2) is 36.5 Å². The molecular weight excluding hydrogens is 468 g/mol. The Balaban J connectivity index is 1.65. The maximum absolute atomic E-state index is 12.7. The first kappa shape index (κ1) is 26.3. The fraction of sp³-hybridized carbons (Fsp3) is 0.500. The van der Waals surface area contributed by atoms with Crippen molar-refractivity contribution in [1.29, 1.82) is 5.26 Å². The molecule has 196 valence electrons. The van der Waals surface area contributed by atoms with Crippen LogP contribution in [-0.2, 0) is 10.3 Å². The van der Waals surface area contributed by atoms with Crippen molar-refractivity contribution < 1.29 is 14.3 Å². The molecule has 1 aromatic carbocycles. The molecule has 1 saturated carbocycles. The SMILES string of the molecule is CC=Cc1ccc(Nc2nn(C3(C(C#N)C4CC4)CCN(C(=O)OC(C)(C)C)CC3)cc2C(N)=O)cc1. The Morgan fingerprint density at radius 2 is 1.89 bits per heavy atom. The number of hydrogen-bond donors (Lipinski definition) is 2. The van der Waals surface area contributed by atoms with Crippen LogP contribution in [0, 0.1) is 23.2 Å². The van der Waals surface area contributed by atoms with Crippen molar-refractivity contribution in [2.24, 2.45) is 17.6 Å². The highest BCUT2D eigenvalue weighted by Gasteiger charge is 2.51. The highest BCUT2D eigenvalue weighted by molar-refractivity contribution is 5.98. The highest BCUT2D eigenvalue weighted by atomic mass is 16.6. The van der Waals surface area contributed by atoms with Crippen LogP contribution in [0.1, 0.15) is 69.3 Å². The summed E-state index contributed by atoms with van der Waals surface area (Å²) >= 11 is 0. The van der Waals surface area contributed by atoms with E-state index in [2.05, 4.69) is 11.4 Å². The standard InChI is InChI=1S/C28H36N6O3/c1-5-6-19-7-11-21(12-8-19)31-25-22(24(30)35)18-34(32-25)28(23(17-29)20-9-10-20)13-15-33(16-14-28)26(36)37-27(2,3)4/h5-8,11-12,18,20,23H,9-10,13-16H2,1-4H3,(H2,30,35)(H,31,32). The first-order valence-corrected chi connectivity index (χ1v) is 12.8. The van der Waals surface area contributed by atoms with E-state index in [1.165, 1.54) is 0 Å². The lowest BCUT2D eigenvalue weighted by atomic mass is 9.74. The van der Waals surface area contributed by atoms with E-state index in [-0.39, 0.29) is 23.5 Å². The van der Waals surface area contributed by atoms with Crippen LogP contribution in [0.5, 0.6) is 0 Å². The molecule has 1 unspecified atom stereocenters. The van der Waals surface area contributed by atoms with Crippen LogP contribution in [0.2, 0.25) is 0 Å². The second kappa shape index (κ2) is 10.3. The van der Waals surface area contributed by atoms with E-state index in [0.29, 0.717) is 31.7 Å². The van der Waals surface area contributed by atoms with Gasteiger partial charge >= 0.3 is 6.09 Å². The number of likely N-dealkylation sites (tertiary alicyclic amines) is 1. The Hall–Kier alpha value is -3.80. The second-order valence-corrected chi connectivity index (χ2v) is 11.0. The van der Waals surface area contributed by atoms with Gasteiger partial charge in [-0.15, -0.1) is 0 Å². The Labute approximate surface area is 218 Å². The minimum absolute atomic E-state index is 0.263. The van der Waals surface area contributed by atoms with Crippen molar-refractivity contribution in [1.82, 2.24) is 14.7 Å². The molecule has 2 aromatic rings. The van der Waals surface area contributed by atoms with Crippen LogP contribution in [0.4, 0.5) is 16.3 Å². The topological polar surface area (TPSA) is 126 Å². The van der Waals surface area contributed by atoms with Gasteiger partial charge in [-0.05, 0) is 77.0 Å². The molecule has 1 aliphatic carbocycles. The third-order valence-electron chi connectivity index (χ3n) is 7.06. The van der Waals surface area contributed by atoms with Crippen molar-refractivity contribution in [3.63, 3.8) is 0 Å². The fourth-order valence-corrected chi connectivity index (χ4v) is 5.06. The van der Waals surface area contributed by atoms with E-state index in [1.54, 1.807) is 15.8 Å². The molecule has 1 aliphatic heterocycles. The maximum atomic E-state index is 12.7. The summed E-state index contributed by atoms with van der Waals surface area (Å²) in [7, 11) is 0. The third-order valence-corrected chi connectivity index (χ3v) is 7.06. The number of primary amides is 1. The Bertz CT molecular complexity index is 1210. The van der Waals surface area contributed by atoms with Gasteiger partial charge in [0.1, 0.15) is 11.2 Å². The van der Waals surface area contributed by atoms with Crippen molar-refractivity contribution in [3.05, 3.63) is 47.7 Å². The first-order valence-electron chi connectivity index (χ1n) is 12.8. The van der Waals surface area contributed by atoms with Crippen LogP contribution in [0.3, 0.4) is 0 Å². The Morgan fingerprint density at radius 1 is 1.24 bits per heavy atom. The quantitative estimate of drug-likeness (QED) is 0.544. The number of hydrogen-bond acceptors (Lipinski definition) is 6. The summed E-state index contributed by atoms with van der Waals surface area (Å²) in [6, 6.07) is 10.3. The molecule has 1 aromatic heterocycles. The summed E-state index contributed by atoms with van der Waals surface area (Å²) in [6.45, 7) is 8.35. The Kier molecular flexibility index (Phi) is 7.30. The van der Waals surface area contributed by atoms with Gasteiger partial charge in [-0.1, -0.05) is 24.3 Å². The number of amides is 2. The molecule has 9 nitrogen and oxygen atoms in total. The van der Waals surface area contributed by atoms with Gasteiger partial charge in [-0.2, -0.15) is 10.4 Å². The van der Waals surface area contributed by atoms with Gasteiger partial charge in [0, 0.05) is 25.0 Å². The predicted octanol–water partition coefficient (Wildman–Crippen LogP) is 5.03.